The highest BCUT2D eigenvalue weighted by molar-refractivity contribution is 6.05. The summed E-state index contributed by atoms with van der Waals surface area (Å²) in [5.74, 6) is -0.850. The first-order chi connectivity index (χ1) is 32.5. The SMILES string of the molecule is COc1ccc(F)cc1C(=O)NCc1ccc(-c2nn(-c3ccc(N4CCN(CC5CCN(c6ccc7c(c6)CN(C6CCC(=O)NC6=O)C7=O)CC5)CC4)nc3)c3ncnc(N)c23)cc1F. The van der Waals surface area contributed by atoms with Gasteiger partial charge in [-0.3, -0.25) is 29.4 Å². The Morgan fingerprint density at radius 3 is 2.43 bits per heavy atom. The van der Waals surface area contributed by atoms with E-state index in [1.165, 1.54) is 31.6 Å². The molecule has 0 saturated carbocycles. The third-order valence-electron chi connectivity index (χ3n) is 13.3. The molecular formula is C48H48F2N12O5. The molecule has 344 valence electrons. The number of nitrogens with zero attached hydrogens (tertiary/aromatic N) is 9. The van der Waals surface area contributed by atoms with Gasteiger partial charge >= 0.3 is 0 Å². The van der Waals surface area contributed by atoms with E-state index in [0.29, 0.717) is 52.4 Å². The number of benzene rings is 3. The molecule has 1 atom stereocenters. The summed E-state index contributed by atoms with van der Waals surface area (Å²) in [5.41, 5.74) is 11.1. The summed E-state index contributed by atoms with van der Waals surface area (Å²) >= 11 is 0. The Morgan fingerprint density at radius 1 is 0.881 bits per heavy atom. The van der Waals surface area contributed by atoms with Gasteiger partial charge in [-0.1, -0.05) is 12.1 Å². The van der Waals surface area contributed by atoms with Gasteiger partial charge in [0.2, 0.25) is 11.8 Å². The number of nitrogen functional groups attached to an aromatic ring is 1. The number of nitrogens with one attached hydrogen (secondary N) is 2. The Kier molecular flexibility index (Phi) is 11.7. The summed E-state index contributed by atoms with van der Waals surface area (Å²) in [6, 6.07) is 17.4. The molecule has 3 fully saturated rings. The lowest BCUT2D eigenvalue weighted by atomic mass is 9.95. The fourth-order valence-corrected chi connectivity index (χ4v) is 9.67. The van der Waals surface area contributed by atoms with E-state index in [2.05, 4.69) is 41.4 Å². The van der Waals surface area contributed by atoms with E-state index < -0.39 is 29.5 Å². The number of fused-ring (bicyclic) bond motifs is 2. The van der Waals surface area contributed by atoms with Crippen molar-refractivity contribution < 1.29 is 32.7 Å². The van der Waals surface area contributed by atoms with Crippen LogP contribution in [0.4, 0.5) is 26.1 Å². The molecule has 4 N–H and O–H groups in total. The second-order valence-electron chi connectivity index (χ2n) is 17.4. The third-order valence-corrected chi connectivity index (χ3v) is 13.3. The predicted octanol–water partition coefficient (Wildman–Crippen LogP) is 4.48. The second-order valence-corrected chi connectivity index (χ2v) is 17.4. The molecule has 7 heterocycles. The van der Waals surface area contributed by atoms with Crippen molar-refractivity contribution in [3.63, 3.8) is 0 Å². The Balaban J connectivity index is 0.735. The highest BCUT2D eigenvalue weighted by Gasteiger charge is 2.39. The van der Waals surface area contributed by atoms with Crippen molar-refractivity contribution in [3.05, 3.63) is 113 Å². The number of pyridine rings is 1. The summed E-state index contributed by atoms with van der Waals surface area (Å²) in [5, 5.41) is 10.3. The van der Waals surface area contributed by atoms with Crippen LogP contribution in [0.1, 0.15) is 57.5 Å². The number of piperidine rings is 2. The number of halogens is 2. The molecule has 0 spiro atoms. The average molecular weight is 911 g/mol. The molecular weight excluding hydrogens is 863 g/mol. The van der Waals surface area contributed by atoms with Gasteiger partial charge < -0.3 is 30.5 Å². The van der Waals surface area contributed by atoms with Gasteiger partial charge in [0.1, 0.15) is 47.1 Å². The summed E-state index contributed by atoms with van der Waals surface area (Å²) in [6.07, 6.45) is 5.80. The Labute approximate surface area is 383 Å². The van der Waals surface area contributed by atoms with Gasteiger partial charge in [0.15, 0.2) is 5.65 Å². The number of amides is 4. The minimum atomic E-state index is -0.622. The topological polar surface area (TPSA) is 197 Å². The number of hydrogen-bond donors (Lipinski definition) is 3. The zero-order chi connectivity index (χ0) is 46.3. The first kappa shape index (κ1) is 43.4. The predicted molar refractivity (Wildman–Crippen MR) is 244 cm³/mol. The number of carbonyl (C=O) groups is 4. The number of methoxy groups -OCH3 is 1. The number of ether oxygens (including phenoxy) is 1. The van der Waals surface area contributed by atoms with E-state index in [1.54, 1.807) is 27.9 Å². The van der Waals surface area contributed by atoms with Crippen LogP contribution in [0.3, 0.4) is 0 Å². The highest BCUT2D eigenvalue weighted by Crippen LogP contribution is 2.35. The van der Waals surface area contributed by atoms with Crippen molar-refractivity contribution in [2.75, 3.05) is 68.5 Å². The first-order valence-electron chi connectivity index (χ1n) is 22.4. The molecule has 1 unspecified atom stereocenters. The molecule has 19 heteroatoms. The number of nitrogens with two attached hydrogens (primary N) is 1. The maximum absolute atomic E-state index is 15.6. The molecule has 4 aliphatic heterocycles. The lowest BCUT2D eigenvalue weighted by Gasteiger charge is -2.39. The Morgan fingerprint density at radius 2 is 1.69 bits per heavy atom. The first-order valence-corrected chi connectivity index (χ1v) is 22.4. The van der Waals surface area contributed by atoms with E-state index in [1.807, 2.05) is 24.3 Å². The quantitative estimate of drug-likeness (QED) is 0.154. The van der Waals surface area contributed by atoms with E-state index >= 15 is 4.39 Å². The van der Waals surface area contributed by atoms with E-state index in [4.69, 9.17) is 20.6 Å². The highest BCUT2D eigenvalue weighted by atomic mass is 19.1. The van der Waals surface area contributed by atoms with Crippen molar-refractivity contribution in [3.8, 4) is 22.7 Å². The van der Waals surface area contributed by atoms with Crippen LogP contribution in [0.2, 0.25) is 0 Å². The van der Waals surface area contributed by atoms with Crippen molar-refractivity contribution in [1.29, 1.82) is 0 Å². The van der Waals surface area contributed by atoms with Crippen LogP contribution in [0.5, 0.6) is 5.75 Å². The zero-order valence-corrected chi connectivity index (χ0v) is 36.8. The van der Waals surface area contributed by atoms with Crippen molar-refractivity contribution in [1.82, 2.24) is 45.2 Å². The van der Waals surface area contributed by atoms with Crippen LogP contribution in [-0.4, -0.2) is 117 Å². The summed E-state index contributed by atoms with van der Waals surface area (Å²) in [6.45, 7) is 6.60. The minimum Gasteiger partial charge on any atom is -0.496 e. The number of rotatable bonds is 11. The lowest BCUT2D eigenvalue weighted by molar-refractivity contribution is -0.136. The minimum absolute atomic E-state index is 0.00264. The van der Waals surface area contributed by atoms with Crippen LogP contribution in [0.15, 0.2) is 79.3 Å². The van der Waals surface area contributed by atoms with Gasteiger partial charge in [-0.2, -0.15) is 5.10 Å². The van der Waals surface area contributed by atoms with Crippen LogP contribution in [0.25, 0.3) is 28.0 Å². The van der Waals surface area contributed by atoms with Crippen LogP contribution in [-0.2, 0) is 22.7 Å². The molecule has 6 aromatic rings. The molecule has 0 bridgehead atoms. The molecule has 67 heavy (non-hydrogen) atoms. The molecule has 3 saturated heterocycles. The number of aromatic nitrogens is 5. The van der Waals surface area contributed by atoms with E-state index in [-0.39, 0.29) is 47.5 Å². The third kappa shape index (κ3) is 8.57. The molecule has 0 aliphatic carbocycles. The van der Waals surface area contributed by atoms with E-state index in [0.717, 1.165) is 81.8 Å². The smallest absolute Gasteiger partial charge is 0.255 e. The van der Waals surface area contributed by atoms with Gasteiger partial charge in [0.05, 0.1) is 29.9 Å². The van der Waals surface area contributed by atoms with Crippen molar-refractivity contribution in [2.24, 2.45) is 5.92 Å². The van der Waals surface area contributed by atoms with Gasteiger partial charge in [0.25, 0.3) is 11.8 Å². The molecule has 10 rings (SSSR count). The maximum atomic E-state index is 15.6. The molecule has 0 radical (unpaired) electrons. The molecule has 3 aromatic carbocycles. The molecule has 4 aliphatic rings. The second kappa shape index (κ2) is 18.0. The summed E-state index contributed by atoms with van der Waals surface area (Å²) in [4.78, 5) is 72.4. The number of hydrogen-bond acceptors (Lipinski definition) is 13. The fraction of sp³-hybridized carbons (Fsp3) is 0.333. The van der Waals surface area contributed by atoms with Crippen molar-refractivity contribution in [2.45, 2.75) is 44.8 Å². The van der Waals surface area contributed by atoms with Gasteiger partial charge in [0, 0.05) is 87.7 Å². The average Bonchev–Trinajstić information content (AvgIpc) is 3.89. The largest absolute Gasteiger partial charge is 0.496 e. The maximum Gasteiger partial charge on any atom is 0.255 e. The Hall–Kier alpha value is -7.54. The fourth-order valence-electron chi connectivity index (χ4n) is 9.67. The molecule has 3 aromatic heterocycles. The van der Waals surface area contributed by atoms with E-state index in [9.17, 15) is 23.6 Å². The van der Waals surface area contributed by atoms with Crippen LogP contribution < -0.4 is 30.9 Å². The Bertz CT molecular complexity index is 2910. The van der Waals surface area contributed by atoms with Gasteiger partial charge in [-0.05, 0) is 85.3 Å². The lowest BCUT2D eigenvalue weighted by Crippen LogP contribution is -2.52. The van der Waals surface area contributed by atoms with Crippen LogP contribution >= 0.6 is 0 Å². The molecule has 17 nitrogen and oxygen atoms in total. The number of carbonyl (C=O) groups excluding carboxylic acids is 4. The summed E-state index contributed by atoms with van der Waals surface area (Å²) < 4.78 is 36.3. The molecule has 4 amide bonds. The van der Waals surface area contributed by atoms with Crippen LogP contribution in [0, 0.1) is 17.6 Å². The monoisotopic (exact) mass is 910 g/mol. The normalized spacial score (nSPS) is 18.1. The van der Waals surface area contributed by atoms with Gasteiger partial charge in [-0.25, -0.2) is 28.4 Å². The zero-order valence-electron chi connectivity index (χ0n) is 36.8. The standard InChI is InChI=1S/C48H48F2N12O5/c1-67-39-9-4-32(49)22-36(39)46(64)53-23-30-3-2-29(21-37(30)50)43-42-44(51)54-27-55-45(42)62(57-43)34-6-10-40(52-24-34)60-18-16-58(17-19-60)25-28-12-14-59(15-13-28)33-5-7-35-31(20-33)26-61(48(35)66)38-8-11-41(63)56-47(38)65/h2-7,9-10,20-22,24,27-28,38H,8,11-19,23,25-26H2,1H3,(H,53,64)(H2,51,54,55)(H,56,63,65). The van der Waals surface area contributed by atoms with Gasteiger partial charge in [-0.15, -0.1) is 0 Å². The number of piperazine rings is 1. The summed E-state index contributed by atoms with van der Waals surface area (Å²) in [7, 11) is 1.38. The number of anilines is 3. The number of imide groups is 1. The van der Waals surface area contributed by atoms with Crippen molar-refractivity contribution >= 4 is 52.0 Å².